The van der Waals surface area contributed by atoms with Gasteiger partial charge in [-0.2, -0.15) is 0 Å². The first-order valence-corrected chi connectivity index (χ1v) is 5.53. The molecular weight excluding hydrogens is 229 g/mol. The first-order valence-electron chi connectivity index (χ1n) is 5.53. The topological polar surface area (TPSA) is 51.8 Å². The molecule has 0 amide bonds. The summed E-state index contributed by atoms with van der Waals surface area (Å²) in [5.74, 6) is -0.315. The quantitative estimate of drug-likeness (QED) is 0.710. The van der Waals surface area contributed by atoms with E-state index in [1.54, 1.807) is 12.1 Å². The van der Waals surface area contributed by atoms with Crippen LogP contribution in [0.1, 0.15) is 0 Å². The van der Waals surface area contributed by atoms with Crippen molar-refractivity contribution in [3.63, 3.8) is 0 Å². The summed E-state index contributed by atoms with van der Waals surface area (Å²) in [4.78, 5) is 8.17. The van der Waals surface area contributed by atoms with E-state index >= 15 is 0 Å². The van der Waals surface area contributed by atoms with Gasteiger partial charge in [0.05, 0.1) is 5.69 Å². The predicted octanol–water partition coefficient (Wildman–Crippen LogP) is 3.02. The molecule has 3 nitrogen and oxygen atoms in total. The van der Waals surface area contributed by atoms with Crippen LogP contribution in [0, 0.1) is 5.82 Å². The number of nitrogens with two attached hydrogens (primary N) is 1. The van der Waals surface area contributed by atoms with Crippen LogP contribution in [-0.4, -0.2) is 9.97 Å². The van der Waals surface area contributed by atoms with Crippen LogP contribution in [-0.2, 0) is 0 Å². The van der Waals surface area contributed by atoms with Crippen molar-refractivity contribution in [1.82, 2.24) is 9.97 Å². The van der Waals surface area contributed by atoms with Crippen LogP contribution < -0.4 is 5.73 Å². The van der Waals surface area contributed by atoms with Gasteiger partial charge >= 0.3 is 0 Å². The molecule has 88 valence electrons. The first kappa shape index (κ1) is 10.7. The van der Waals surface area contributed by atoms with E-state index in [-0.39, 0.29) is 11.5 Å². The SMILES string of the molecule is Nc1nc(-c2ccccc2)c2cccc(F)c2n1. The smallest absolute Gasteiger partial charge is 0.221 e. The number of aromatic nitrogens is 2. The molecule has 2 N–H and O–H groups in total. The number of rotatable bonds is 1. The predicted molar refractivity (Wildman–Crippen MR) is 69.3 cm³/mol. The fourth-order valence-electron chi connectivity index (χ4n) is 1.95. The third-order valence-corrected chi connectivity index (χ3v) is 2.74. The van der Waals surface area contributed by atoms with Crippen molar-refractivity contribution < 1.29 is 4.39 Å². The Kier molecular flexibility index (Phi) is 2.41. The lowest BCUT2D eigenvalue weighted by Gasteiger charge is -2.07. The third kappa shape index (κ3) is 1.68. The van der Waals surface area contributed by atoms with Gasteiger partial charge in [-0.25, -0.2) is 14.4 Å². The Morgan fingerprint density at radius 1 is 0.889 bits per heavy atom. The van der Waals surface area contributed by atoms with Crippen molar-refractivity contribution in [2.75, 3.05) is 5.73 Å². The third-order valence-electron chi connectivity index (χ3n) is 2.74. The Morgan fingerprint density at radius 3 is 2.44 bits per heavy atom. The molecule has 3 rings (SSSR count). The van der Waals surface area contributed by atoms with Gasteiger partial charge in [0.15, 0.2) is 0 Å². The van der Waals surface area contributed by atoms with Crippen molar-refractivity contribution in [3.8, 4) is 11.3 Å². The molecule has 18 heavy (non-hydrogen) atoms. The van der Waals surface area contributed by atoms with Crippen molar-refractivity contribution >= 4 is 16.9 Å². The van der Waals surface area contributed by atoms with Gasteiger partial charge < -0.3 is 5.73 Å². The first-order chi connectivity index (χ1) is 8.75. The van der Waals surface area contributed by atoms with Crippen LogP contribution in [0.2, 0.25) is 0 Å². The van der Waals surface area contributed by atoms with E-state index in [9.17, 15) is 4.39 Å². The highest BCUT2D eigenvalue weighted by Crippen LogP contribution is 2.27. The van der Waals surface area contributed by atoms with E-state index < -0.39 is 5.82 Å². The van der Waals surface area contributed by atoms with Crippen LogP contribution >= 0.6 is 0 Å². The summed E-state index contributed by atoms with van der Waals surface area (Å²) in [6.07, 6.45) is 0. The monoisotopic (exact) mass is 239 g/mol. The number of nitrogen functional groups attached to an aromatic ring is 1. The molecule has 0 unspecified atom stereocenters. The van der Waals surface area contributed by atoms with Crippen LogP contribution in [0.5, 0.6) is 0 Å². The molecule has 0 radical (unpaired) electrons. The molecule has 4 heteroatoms. The van der Waals surface area contributed by atoms with Crippen LogP contribution in [0.4, 0.5) is 10.3 Å². The van der Waals surface area contributed by atoms with E-state index in [4.69, 9.17) is 5.73 Å². The molecule has 0 bridgehead atoms. The fourth-order valence-corrected chi connectivity index (χ4v) is 1.95. The van der Waals surface area contributed by atoms with Gasteiger partial charge in [0.2, 0.25) is 5.95 Å². The minimum absolute atomic E-state index is 0.0754. The Labute approximate surface area is 103 Å². The highest BCUT2D eigenvalue weighted by Gasteiger charge is 2.10. The lowest BCUT2D eigenvalue weighted by Crippen LogP contribution is -1.99. The lowest BCUT2D eigenvalue weighted by molar-refractivity contribution is 0.636. The van der Waals surface area contributed by atoms with Gasteiger partial charge in [0.1, 0.15) is 11.3 Å². The Morgan fingerprint density at radius 2 is 1.67 bits per heavy atom. The summed E-state index contributed by atoms with van der Waals surface area (Å²) in [6.45, 7) is 0. The van der Waals surface area contributed by atoms with Crippen molar-refractivity contribution in [1.29, 1.82) is 0 Å². The molecule has 0 aliphatic rings. The number of fused-ring (bicyclic) bond motifs is 1. The average Bonchev–Trinajstić information content (AvgIpc) is 2.40. The minimum Gasteiger partial charge on any atom is -0.368 e. The zero-order chi connectivity index (χ0) is 12.5. The van der Waals surface area contributed by atoms with Gasteiger partial charge in [-0.05, 0) is 6.07 Å². The standard InChI is InChI=1S/C14H10FN3/c15-11-8-4-7-10-12(9-5-2-1-3-6-9)17-14(16)18-13(10)11/h1-8H,(H2,16,17,18). The van der Waals surface area contributed by atoms with E-state index in [1.165, 1.54) is 6.07 Å². The molecule has 0 spiro atoms. The maximum atomic E-state index is 13.7. The highest BCUT2D eigenvalue weighted by atomic mass is 19.1. The summed E-state index contributed by atoms with van der Waals surface area (Å²) in [5.41, 5.74) is 7.44. The van der Waals surface area contributed by atoms with Gasteiger partial charge in [0.25, 0.3) is 0 Å². The maximum Gasteiger partial charge on any atom is 0.221 e. The summed E-state index contributed by atoms with van der Waals surface area (Å²) in [7, 11) is 0. The van der Waals surface area contributed by atoms with Gasteiger partial charge in [-0.15, -0.1) is 0 Å². The average molecular weight is 239 g/mol. The summed E-state index contributed by atoms with van der Waals surface area (Å²) >= 11 is 0. The second-order valence-electron chi connectivity index (χ2n) is 3.93. The number of benzene rings is 2. The molecule has 0 fully saturated rings. The molecular formula is C14H10FN3. The van der Waals surface area contributed by atoms with Crippen molar-refractivity contribution in [3.05, 3.63) is 54.3 Å². The van der Waals surface area contributed by atoms with E-state index in [0.717, 1.165) is 5.56 Å². The van der Waals surface area contributed by atoms with Gasteiger partial charge in [0, 0.05) is 10.9 Å². The molecule has 0 saturated carbocycles. The minimum atomic E-state index is -0.390. The number of para-hydroxylation sites is 1. The molecule has 2 aromatic carbocycles. The number of halogens is 1. The molecule has 1 heterocycles. The van der Waals surface area contributed by atoms with Crippen LogP contribution in [0.3, 0.4) is 0 Å². The summed E-state index contributed by atoms with van der Waals surface area (Å²) in [6, 6.07) is 14.3. The normalized spacial score (nSPS) is 10.7. The second kappa shape index (κ2) is 4.07. The highest BCUT2D eigenvalue weighted by molar-refractivity contribution is 5.93. The summed E-state index contributed by atoms with van der Waals surface area (Å²) < 4.78 is 13.7. The number of anilines is 1. The zero-order valence-corrected chi connectivity index (χ0v) is 9.47. The maximum absolute atomic E-state index is 13.7. The van der Waals surface area contributed by atoms with E-state index in [0.29, 0.717) is 11.1 Å². The molecule has 0 aliphatic heterocycles. The number of nitrogens with zero attached hydrogens (tertiary/aromatic N) is 2. The Balaban J connectivity index is 2.39. The zero-order valence-electron chi connectivity index (χ0n) is 9.47. The van der Waals surface area contributed by atoms with Crippen molar-refractivity contribution in [2.24, 2.45) is 0 Å². The van der Waals surface area contributed by atoms with Gasteiger partial charge in [-0.1, -0.05) is 42.5 Å². The van der Waals surface area contributed by atoms with Crippen LogP contribution in [0.15, 0.2) is 48.5 Å². The summed E-state index contributed by atoms with van der Waals surface area (Å²) in [5, 5.41) is 0.662. The Hall–Kier alpha value is -2.49. The second-order valence-corrected chi connectivity index (χ2v) is 3.93. The molecule has 0 aliphatic carbocycles. The number of hydrogen-bond donors (Lipinski definition) is 1. The molecule has 3 aromatic rings. The molecule has 0 atom stereocenters. The van der Waals surface area contributed by atoms with Gasteiger partial charge in [-0.3, -0.25) is 0 Å². The van der Waals surface area contributed by atoms with Crippen molar-refractivity contribution in [2.45, 2.75) is 0 Å². The van der Waals surface area contributed by atoms with Crippen LogP contribution in [0.25, 0.3) is 22.2 Å². The van der Waals surface area contributed by atoms with E-state index in [1.807, 2.05) is 30.3 Å². The van der Waals surface area contributed by atoms with E-state index in [2.05, 4.69) is 9.97 Å². The molecule has 1 aromatic heterocycles. The molecule has 0 saturated heterocycles. The fraction of sp³-hybridized carbons (Fsp3) is 0. The Bertz CT molecular complexity index is 711. The number of hydrogen-bond acceptors (Lipinski definition) is 3. The lowest BCUT2D eigenvalue weighted by atomic mass is 10.1. The largest absolute Gasteiger partial charge is 0.368 e.